The Hall–Kier alpha value is -1.73. The maximum atomic E-state index is 12.2. The number of hydrogen-bond acceptors (Lipinski definition) is 5. The molecule has 1 aliphatic rings. The molecule has 2 heterocycles. The van der Waals surface area contributed by atoms with Crippen LogP contribution in [0.5, 0.6) is 0 Å². The van der Waals surface area contributed by atoms with Crippen LogP contribution in [-0.2, 0) is 16.4 Å². The number of nitrogens with zero attached hydrogens (tertiary/aromatic N) is 2. The molecule has 0 radical (unpaired) electrons. The first-order valence-electron chi connectivity index (χ1n) is 5.90. The minimum atomic E-state index is -3.64. The molecule has 1 aromatic rings. The Morgan fingerprint density at radius 2 is 2.21 bits per heavy atom. The molecule has 2 rings (SSSR count). The molecule has 0 aliphatic carbocycles. The van der Waals surface area contributed by atoms with E-state index in [0.29, 0.717) is 24.1 Å². The van der Waals surface area contributed by atoms with Gasteiger partial charge >= 0.3 is 0 Å². The van der Waals surface area contributed by atoms with Gasteiger partial charge in [-0.1, -0.05) is 0 Å². The summed E-state index contributed by atoms with van der Waals surface area (Å²) in [6.07, 6.45) is 7.79. The predicted molar refractivity (Wildman–Crippen MR) is 71.2 cm³/mol. The highest BCUT2D eigenvalue weighted by Gasteiger charge is 2.17. The maximum Gasteiger partial charge on any atom is 0.263 e. The Morgan fingerprint density at radius 3 is 2.89 bits per heavy atom. The second kappa shape index (κ2) is 5.94. The smallest absolute Gasteiger partial charge is 0.263 e. The lowest BCUT2D eigenvalue weighted by molar-refractivity contribution is 0.299. The van der Waals surface area contributed by atoms with Gasteiger partial charge in [-0.05, 0) is 30.9 Å². The van der Waals surface area contributed by atoms with Crippen LogP contribution in [0.15, 0.2) is 40.2 Å². The molecule has 0 bridgehead atoms. The molecule has 0 fully saturated rings. The van der Waals surface area contributed by atoms with Gasteiger partial charge in [0.1, 0.15) is 4.90 Å². The van der Waals surface area contributed by atoms with E-state index in [-0.39, 0.29) is 11.5 Å². The molecular formula is C12H15N3O3S. The molecule has 0 atom stereocenters. The monoisotopic (exact) mass is 281 g/mol. The van der Waals surface area contributed by atoms with Crippen molar-refractivity contribution in [2.75, 3.05) is 6.61 Å². The maximum absolute atomic E-state index is 12.2. The zero-order valence-electron chi connectivity index (χ0n) is 10.3. The van der Waals surface area contributed by atoms with Gasteiger partial charge in [0, 0.05) is 37.1 Å². The number of rotatable bonds is 5. The summed E-state index contributed by atoms with van der Waals surface area (Å²) in [5, 5.41) is 8.86. The van der Waals surface area contributed by atoms with E-state index in [4.69, 9.17) is 5.11 Å². The Morgan fingerprint density at radius 1 is 1.37 bits per heavy atom. The number of sulfonamides is 1. The van der Waals surface area contributed by atoms with Gasteiger partial charge in [-0.15, -0.1) is 0 Å². The van der Waals surface area contributed by atoms with E-state index < -0.39 is 10.0 Å². The molecule has 0 aromatic carbocycles. The molecule has 7 heteroatoms. The molecule has 102 valence electrons. The second-order valence-electron chi connectivity index (χ2n) is 4.13. The summed E-state index contributed by atoms with van der Waals surface area (Å²) >= 11 is 0. The molecule has 1 aliphatic heterocycles. The van der Waals surface area contributed by atoms with Crippen molar-refractivity contribution in [3.05, 3.63) is 35.9 Å². The standard InChI is InChI=1S/C12H15N3O3S/c16-5-3-10-6-12(9-14-7-10)19(17,18)15-11-2-1-4-13-8-11/h4,6-9,15-16H,1-3,5H2. The van der Waals surface area contributed by atoms with Crippen LogP contribution in [0.4, 0.5) is 0 Å². The van der Waals surface area contributed by atoms with E-state index in [1.807, 2.05) is 0 Å². The van der Waals surface area contributed by atoms with Crippen molar-refractivity contribution >= 4 is 16.2 Å². The summed E-state index contributed by atoms with van der Waals surface area (Å²) < 4.78 is 26.8. The van der Waals surface area contributed by atoms with E-state index in [2.05, 4.69) is 14.7 Å². The summed E-state index contributed by atoms with van der Waals surface area (Å²) in [6.45, 7) is -0.0432. The highest BCUT2D eigenvalue weighted by Crippen LogP contribution is 2.14. The minimum Gasteiger partial charge on any atom is -0.396 e. The lowest BCUT2D eigenvalue weighted by Gasteiger charge is -2.12. The number of aliphatic imine (C=N–C) groups is 1. The van der Waals surface area contributed by atoms with Crippen LogP contribution in [0, 0.1) is 0 Å². The van der Waals surface area contributed by atoms with Crippen molar-refractivity contribution in [3.8, 4) is 0 Å². The fraction of sp³-hybridized carbons (Fsp3) is 0.333. The summed E-state index contributed by atoms with van der Waals surface area (Å²) in [5.74, 6) is 0. The summed E-state index contributed by atoms with van der Waals surface area (Å²) in [7, 11) is -3.64. The average Bonchev–Trinajstić information content (AvgIpc) is 2.40. The molecule has 0 saturated heterocycles. The topological polar surface area (TPSA) is 91.7 Å². The number of aromatic nitrogens is 1. The van der Waals surface area contributed by atoms with Crippen LogP contribution in [0.1, 0.15) is 18.4 Å². The molecule has 2 N–H and O–H groups in total. The zero-order valence-corrected chi connectivity index (χ0v) is 11.1. The highest BCUT2D eigenvalue weighted by atomic mass is 32.2. The summed E-state index contributed by atoms with van der Waals surface area (Å²) in [4.78, 5) is 7.90. The van der Waals surface area contributed by atoms with Crippen LogP contribution >= 0.6 is 0 Å². The van der Waals surface area contributed by atoms with Crippen LogP contribution in [0.25, 0.3) is 0 Å². The Balaban J connectivity index is 2.21. The quantitative estimate of drug-likeness (QED) is 0.826. The van der Waals surface area contributed by atoms with Gasteiger partial charge in [0.15, 0.2) is 0 Å². The molecule has 0 saturated carbocycles. The molecule has 1 aromatic heterocycles. The number of aliphatic hydroxyl groups excluding tert-OH is 1. The third kappa shape index (κ3) is 3.62. The van der Waals surface area contributed by atoms with Crippen LogP contribution < -0.4 is 4.72 Å². The molecule has 0 amide bonds. The van der Waals surface area contributed by atoms with E-state index >= 15 is 0 Å². The van der Waals surface area contributed by atoms with Crippen molar-refractivity contribution in [1.29, 1.82) is 0 Å². The fourth-order valence-electron chi connectivity index (χ4n) is 1.69. The number of allylic oxidation sites excluding steroid dienone is 1. The second-order valence-corrected chi connectivity index (χ2v) is 5.82. The Labute approximate surface area is 112 Å². The van der Waals surface area contributed by atoms with Gasteiger partial charge in [0.05, 0.1) is 0 Å². The lowest BCUT2D eigenvalue weighted by Crippen LogP contribution is -2.24. The first-order chi connectivity index (χ1) is 9.12. The van der Waals surface area contributed by atoms with Gasteiger partial charge < -0.3 is 5.11 Å². The molecule has 19 heavy (non-hydrogen) atoms. The van der Waals surface area contributed by atoms with E-state index in [9.17, 15) is 8.42 Å². The average molecular weight is 281 g/mol. The largest absolute Gasteiger partial charge is 0.396 e. The van der Waals surface area contributed by atoms with Gasteiger partial charge in [-0.2, -0.15) is 0 Å². The highest BCUT2D eigenvalue weighted by molar-refractivity contribution is 7.89. The Kier molecular flexibility index (Phi) is 4.28. The zero-order chi connectivity index (χ0) is 13.7. The number of nitrogens with one attached hydrogen (secondary N) is 1. The van der Waals surface area contributed by atoms with Crippen LogP contribution in [0.2, 0.25) is 0 Å². The lowest BCUT2D eigenvalue weighted by atomic mass is 10.2. The fourth-order valence-corrected chi connectivity index (χ4v) is 2.81. The normalized spacial score (nSPS) is 15.1. The number of aliphatic hydroxyl groups is 1. The third-order valence-corrected chi connectivity index (χ3v) is 4.00. The predicted octanol–water partition coefficient (Wildman–Crippen LogP) is 0.601. The van der Waals surface area contributed by atoms with E-state index in [1.54, 1.807) is 12.4 Å². The molecule has 6 nitrogen and oxygen atoms in total. The first kappa shape index (κ1) is 13.7. The van der Waals surface area contributed by atoms with Crippen molar-refractivity contribution in [3.63, 3.8) is 0 Å². The molecule has 0 spiro atoms. The third-order valence-electron chi connectivity index (χ3n) is 2.62. The van der Waals surface area contributed by atoms with E-state index in [1.165, 1.54) is 18.5 Å². The van der Waals surface area contributed by atoms with Gasteiger partial charge in [0.25, 0.3) is 10.0 Å². The van der Waals surface area contributed by atoms with Crippen LogP contribution in [0.3, 0.4) is 0 Å². The Bertz CT molecular complexity index is 608. The SMILES string of the molecule is O=S(=O)(NC1=CN=CCC1)c1cncc(CCO)c1. The molecular weight excluding hydrogens is 266 g/mol. The van der Waals surface area contributed by atoms with Crippen LogP contribution in [-0.4, -0.2) is 31.3 Å². The van der Waals surface area contributed by atoms with Gasteiger partial charge in [-0.25, -0.2) is 8.42 Å². The minimum absolute atomic E-state index is 0.0432. The van der Waals surface area contributed by atoms with Crippen molar-refractivity contribution in [2.45, 2.75) is 24.2 Å². The van der Waals surface area contributed by atoms with Crippen molar-refractivity contribution in [2.24, 2.45) is 4.99 Å². The van der Waals surface area contributed by atoms with Crippen molar-refractivity contribution in [1.82, 2.24) is 9.71 Å². The number of hydrogen-bond donors (Lipinski definition) is 2. The number of pyridine rings is 1. The summed E-state index contributed by atoms with van der Waals surface area (Å²) in [5.41, 5.74) is 1.25. The molecule has 0 unspecified atom stereocenters. The van der Waals surface area contributed by atoms with E-state index in [0.717, 1.165) is 6.42 Å². The summed E-state index contributed by atoms with van der Waals surface area (Å²) in [6, 6.07) is 1.51. The van der Waals surface area contributed by atoms with Gasteiger partial charge in [0.2, 0.25) is 0 Å². The van der Waals surface area contributed by atoms with Crippen molar-refractivity contribution < 1.29 is 13.5 Å². The van der Waals surface area contributed by atoms with Gasteiger partial charge in [-0.3, -0.25) is 14.7 Å². The first-order valence-corrected chi connectivity index (χ1v) is 7.38.